The van der Waals surface area contributed by atoms with Crippen molar-refractivity contribution in [3.05, 3.63) is 80.1 Å². The van der Waals surface area contributed by atoms with Crippen LogP contribution in [0.3, 0.4) is 0 Å². The van der Waals surface area contributed by atoms with Gasteiger partial charge in [-0.05, 0) is 30.7 Å². The van der Waals surface area contributed by atoms with E-state index in [1.54, 1.807) is 30.3 Å². The van der Waals surface area contributed by atoms with Crippen LogP contribution in [0.2, 0.25) is 10.0 Å². The number of esters is 1. The number of amides is 1. The molecule has 0 unspecified atom stereocenters. The van der Waals surface area contributed by atoms with Gasteiger partial charge in [-0.25, -0.2) is 9.48 Å². The van der Waals surface area contributed by atoms with E-state index >= 15 is 0 Å². The van der Waals surface area contributed by atoms with Crippen LogP contribution >= 0.6 is 23.2 Å². The molecule has 0 aliphatic rings. The largest absolute Gasteiger partial charge is 0.462 e. The Balaban J connectivity index is 1.44. The smallest absolute Gasteiger partial charge is 0.338 e. The van der Waals surface area contributed by atoms with Crippen LogP contribution in [-0.2, 0) is 4.74 Å². The molecule has 0 bridgehead atoms. The number of hydrogen-bond acceptors (Lipinski definition) is 4. The van der Waals surface area contributed by atoms with E-state index in [-0.39, 0.29) is 33.0 Å². The lowest BCUT2D eigenvalue weighted by molar-refractivity contribution is 0.0497. The monoisotopic (exact) mass is 587 g/mol. The SMILES string of the molecule is CCCCCCCCCCCCCCOC(=O)c1cc(Cl)c(-n2[nH]c(NC(=O)c3ccccc3)cc2=O)c(Cl)c1. The topological polar surface area (TPSA) is 93.2 Å². The van der Waals surface area contributed by atoms with Crippen molar-refractivity contribution in [1.82, 2.24) is 9.78 Å². The van der Waals surface area contributed by atoms with Crippen LogP contribution in [0, 0.1) is 0 Å². The van der Waals surface area contributed by atoms with Crippen LogP contribution in [0.25, 0.3) is 5.69 Å². The third-order valence-corrected chi connectivity index (χ3v) is 7.29. The molecule has 1 amide bonds. The summed E-state index contributed by atoms with van der Waals surface area (Å²) in [6.45, 7) is 2.57. The molecule has 0 spiro atoms. The molecule has 1 aromatic heterocycles. The first-order valence-electron chi connectivity index (χ1n) is 14.3. The van der Waals surface area contributed by atoms with Crippen molar-refractivity contribution in [2.24, 2.45) is 0 Å². The summed E-state index contributed by atoms with van der Waals surface area (Å²) in [5, 5.41) is 5.62. The molecule has 216 valence electrons. The molecule has 2 N–H and O–H groups in total. The Morgan fingerprint density at radius 2 is 1.35 bits per heavy atom. The molecule has 0 aliphatic carbocycles. The van der Waals surface area contributed by atoms with Crippen molar-refractivity contribution in [3.63, 3.8) is 0 Å². The average Bonchev–Trinajstić information content (AvgIpc) is 3.30. The first-order chi connectivity index (χ1) is 19.4. The Kier molecular flexibility index (Phi) is 13.3. The molecule has 0 saturated heterocycles. The van der Waals surface area contributed by atoms with Crippen LogP contribution in [0.1, 0.15) is 105 Å². The van der Waals surface area contributed by atoms with Crippen LogP contribution < -0.4 is 10.9 Å². The molecule has 40 heavy (non-hydrogen) atoms. The Morgan fingerprint density at radius 3 is 1.93 bits per heavy atom. The molecular weight excluding hydrogens is 549 g/mol. The summed E-state index contributed by atoms with van der Waals surface area (Å²) in [5.74, 6) is -0.720. The lowest BCUT2D eigenvalue weighted by Gasteiger charge is -2.11. The molecule has 9 heteroatoms. The second-order valence-electron chi connectivity index (χ2n) is 9.98. The molecule has 0 aliphatic heterocycles. The Morgan fingerprint density at radius 1 is 0.800 bits per heavy atom. The number of carbonyl (C=O) groups is 2. The number of H-pyrrole nitrogens is 1. The van der Waals surface area contributed by atoms with Gasteiger partial charge in [0.05, 0.1) is 22.2 Å². The highest BCUT2D eigenvalue weighted by molar-refractivity contribution is 6.38. The van der Waals surface area contributed by atoms with Crippen molar-refractivity contribution < 1.29 is 14.3 Å². The summed E-state index contributed by atoms with van der Waals surface area (Å²) in [4.78, 5) is 37.6. The molecule has 0 atom stereocenters. The maximum atomic E-state index is 12.6. The summed E-state index contributed by atoms with van der Waals surface area (Å²) in [6, 6.07) is 12.7. The fraction of sp³-hybridized carbons (Fsp3) is 0.452. The molecule has 0 saturated carbocycles. The minimum atomic E-state index is -0.520. The van der Waals surface area contributed by atoms with E-state index in [1.165, 1.54) is 76.0 Å². The standard InChI is InChI=1S/C31H39Cl2N3O4/c1-2-3-4-5-6-7-8-9-10-11-12-16-19-40-31(39)24-20-25(32)29(26(33)21-24)36-28(37)22-27(35-36)34-30(38)23-17-14-13-15-18-23/h13-15,17-18,20-22,35H,2-12,16,19H2,1H3,(H,34,38). The van der Waals surface area contributed by atoms with E-state index in [9.17, 15) is 14.4 Å². The molecule has 3 rings (SSSR count). The molecule has 2 aromatic carbocycles. The molecular formula is C31H39Cl2N3O4. The molecule has 0 fully saturated rings. The van der Waals surface area contributed by atoms with Crippen molar-refractivity contribution in [2.45, 2.75) is 84.0 Å². The number of unbranched alkanes of at least 4 members (excludes halogenated alkanes) is 11. The Hall–Kier alpha value is -3.03. The van der Waals surface area contributed by atoms with E-state index < -0.39 is 11.5 Å². The predicted molar refractivity (Wildman–Crippen MR) is 162 cm³/mol. The van der Waals surface area contributed by atoms with E-state index in [1.807, 2.05) is 0 Å². The zero-order valence-corrected chi connectivity index (χ0v) is 24.7. The highest BCUT2D eigenvalue weighted by atomic mass is 35.5. The van der Waals surface area contributed by atoms with Crippen molar-refractivity contribution in [3.8, 4) is 5.69 Å². The van der Waals surface area contributed by atoms with Crippen LogP contribution in [0.15, 0.2) is 53.3 Å². The van der Waals surface area contributed by atoms with Crippen LogP contribution in [0.5, 0.6) is 0 Å². The lowest BCUT2D eigenvalue weighted by Crippen LogP contribution is -2.15. The van der Waals surface area contributed by atoms with Gasteiger partial charge in [0.15, 0.2) is 0 Å². The van der Waals surface area contributed by atoms with Gasteiger partial charge in [0.25, 0.3) is 11.5 Å². The number of ether oxygens (including phenoxy) is 1. The molecule has 1 heterocycles. The molecule has 0 radical (unpaired) electrons. The zero-order chi connectivity index (χ0) is 28.7. The summed E-state index contributed by atoms with van der Waals surface area (Å²) < 4.78 is 6.53. The molecule has 3 aromatic rings. The quantitative estimate of drug-likeness (QED) is 0.122. The van der Waals surface area contributed by atoms with Gasteiger partial charge >= 0.3 is 5.97 Å². The number of aromatic amines is 1. The summed E-state index contributed by atoms with van der Waals surface area (Å²) in [6.07, 6.45) is 14.8. The second-order valence-corrected chi connectivity index (χ2v) is 10.8. The van der Waals surface area contributed by atoms with E-state index in [2.05, 4.69) is 17.3 Å². The minimum Gasteiger partial charge on any atom is -0.462 e. The summed E-state index contributed by atoms with van der Waals surface area (Å²) in [5.41, 5.74) is 0.342. The highest BCUT2D eigenvalue weighted by Crippen LogP contribution is 2.30. The second kappa shape index (κ2) is 16.9. The van der Waals surface area contributed by atoms with Crippen LogP contribution in [0.4, 0.5) is 5.82 Å². The van der Waals surface area contributed by atoms with Crippen LogP contribution in [-0.4, -0.2) is 28.3 Å². The third-order valence-electron chi connectivity index (χ3n) is 6.71. The number of benzene rings is 2. The number of halogens is 2. The Bertz CT molecular complexity index is 1260. The van der Waals surface area contributed by atoms with Gasteiger partial charge in [-0.1, -0.05) is 119 Å². The first kappa shape index (κ1) is 31.5. The number of hydrogen-bond donors (Lipinski definition) is 2. The van der Waals surface area contributed by atoms with E-state index in [0.29, 0.717) is 12.2 Å². The van der Waals surface area contributed by atoms with E-state index in [0.717, 1.165) is 23.9 Å². The van der Waals surface area contributed by atoms with Gasteiger partial charge in [0.1, 0.15) is 11.5 Å². The van der Waals surface area contributed by atoms with Crippen molar-refractivity contribution >= 4 is 40.9 Å². The third kappa shape index (κ3) is 9.86. The van der Waals surface area contributed by atoms with Gasteiger partial charge in [-0.15, -0.1) is 0 Å². The fourth-order valence-corrected chi connectivity index (χ4v) is 5.15. The lowest BCUT2D eigenvalue weighted by atomic mass is 10.1. The number of anilines is 1. The summed E-state index contributed by atoms with van der Waals surface area (Å²) in [7, 11) is 0. The summed E-state index contributed by atoms with van der Waals surface area (Å²) >= 11 is 12.8. The van der Waals surface area contributed by atoms with Gasteiger partial charge in [-0.3, -0.25) is 14.7 Å². The van der Waals surface area contributed by atoms with E-state index in [4.69, 9.17) is 27.9 Å². The maximum Gasteiger partial charge on any atom is 0.338 e. The van der Waals surface area contributed by atoms with Crippen molar-refractivity contribution in [1.29, 1.82) is 0 Å². The number of carbonyl (C=O) groups excluding carboxylic acids is 2. The van der Waals surface area contributed by atoms with Gasteiger partial charge in [0.2, 0.25) is 0 Å². The average molecular weight is 589 g/mol. The zero-order valence-electron chi connectivity index (χ0n) is 23.1. The number of nitrogens with zero attached hydrogens (tertiary/aromatic N) is 1. The Labute approximate surface area is 246 Å². The highest BCUT2D eigenvalue weighted by Gasteiger charge is 2.18. The predicted octanol–water partition coefficient (Wildman–Crippen LogP) is 8.58. The molecule has 7 nitrogen and oxygen atoms in total. The minimum absolute atomic E-state index is 0.0923. The van der Waals surface area contributed by atoms with Gasteiger partial charge in [0, 0.05) is 11.6 Å². The maximum absolute atomic E-state index is 12.6. The van der Waals surface area contributed by atoms with Gasteiger partial charge < -0.3 is 10.1 Å². The fourth-order valence-electron chi connectivity index (χ4n) is 4.50. The van der Waals surface area contributed by atoms with Crippen molar-refractivity contribution in [2.75, 3.05) is 11.9 Å². The first-order valence-corrected chi connectivity index (χ1v) is 15.0. The normalized spacial score (nSPS) is 11.0. The number of rotatable bonds is 17. The van der Waals surface area contributed by atoms with Gasteiger partial charge in [-0.2, -0.15) is 0 Å². The number of nitrogens with one attached hydrogen (secondary N) is 2. The number of aromatic nitrogens is 2.